The van der Waals surface area contributed by atoms with E-state index in [1.807, 2.05) is 0 Å². The molecule has 0 radical (unpaired) electrons. The van der Waals surface area contributed by atoms with Crippen molar-refractivity contribution in [2.75, 3.05) is 5.75 Å². The Bertz CT molecular complexity index is 773. The number of aryl methyl sites for hydroxylation is 1. The Morgan fingerprint density at radius 3 is 2.62 bits per heavy atom. The molecule has 1 aromatic heterocycles. The molecular formula is C12H10Cl2N2O4S. The first kappa shape index (κ1) is 15.8. The Hall–Kier alpha value is -1.57. The van der Waals surface area contributed by atoms with Gasteiger partial charge in [-0.3, -0.25) is 4.68 Å². The molecule has 0 aliphatic heterocycles. The first-order valence-corrected chi connectivity index (χ1v) is 8.15. The van der Waals surface area contributed by atoms with E-state index in [2.05, 4.69) is 5.10 Å². The van der Waals surface area contributed by atoms with Crippen molar-refractivity contribution in [3.05, 3.63) is 46.2 Å². The van der Waals surface area contributed by atoms with Crippen LogP contribution in [0, 0.1) is 0 Å². The standard InChI is InChI=1S/C12H10Cl2N2O4S/c13-8-2-3-9(11(14)10(8)12(17)18)21(19,20)7-6-16-5-1-4-15-16/h1-5H,6-7H2,(H,17,18). The molecule has 1 N–H and O–H groups in total. The lowest BCUT2D eigenvalue weighted by molar-refractivity contribution is 0.0697. The number of sulfone groups is 1. The fraction of sp³-hybridized carbons (Fsp3) is 0.167. The van der Waals surface area contributed by atoms with Crippen molar-refractivity contribution in [2.24, 2.45) is 0 Å². The molecule has 1 aromatic carbocycles. The van der Waals surface area contributed by atoms with E-state index in [9.17, 15) is 13.2 Å². The smallest absolute Gasteiger partial charge is 0.338 e. The Morgan fingerprint density at radius 1 is 1.33 bits per heavy atom. The van der Waals surface area contributed by atoms with E-state index < -0.39 is 21.4 Å². The maximum absolute atomic E-state index is 12.3. The normalized spacial score (nSPS) is 11.5. The van der Waals surface area contributed by atoms with Gasteiger partial charge in [-0.05, 0) is 18.2 Å². The van der Waals surface area contributed by atoms with Crippen molar-refractivity contribution in [3.8, 4) is 0 Å². The van der Waals surface area contributed by atoms with Gasteiger partial charge < -0.3 is 5.11 Å². The van der Waals surface area contributed by atoms with Gasteiger partial charge in [0.1, 0.15) is 0 Å². The number of aromatic carboxylic acids is 1. The molecule has 9 heteroatoms. The number of carboxylic acids is 1. The van der Waals surface area contributed by atoms with Crippen LogP contribution < -0.4 is 0 Å². The largest absolute Gasteiger partial charge is 0.478 e. The summed E-state index contributed by atoms with van der Waals surface area (Å²) < 4.78 is 26.0. The second-order valence-corrected chi connectivity index (χ2v) is 6.99. The van der Waals surface area contributed by atoms with Crippen LogP contribution in [-0.4, -0.2) is 35.0 Å². The van der Waals surface area contributed by atoms with E-state index in [-0.39, 0.29) is 27.2 Å². The second-order valence-electron chi connectivity index (χ2n) is 4.13. The third-order valence-corrected chi connectivity index (χ3v) is 5.30. The maximum atomic E-state index is 12.3. The summed E-state index contributed by atoms with van der Waals surface area (Å²) in [5.74, 6) is -1.64. The van der Waals surface area contributed by atoms with E-state index in [1.165, 1.54) is 23.0 Å². The third kappa shape index (κ3) is 3.37. The van der Waals surface area contributed by atoms with E-state index in [1.54, 1.807) is 12.3 Å². The van der Waals surface area contributed by atoms with E-state index in [4.69, 9.17) is 28.3 Å². The van der Waals surface area contributed by atoms with Crippen molar-refractivity contribution in [3.63, 3.8) is 0 Å². The van der Waals surface area contributed by atoms with Crippen LogP contribution in [-0.2, 0) is 16.4 Å². The van der Waals surface area contributed by atoms with Gasteiger partial charge in [0, 0.05) is 12.4 Å². The second kappa shape index (κ2) is 6.05. The number of halogens is 2. The molecule has 0 unspecified atom stereocenters. The number of rotatable bonds is 5. The first-order valence-electron chi connectivity index (χ1n) is 5.74. The molecule has 1 heterocycles. The minimum Gasteiger partial charge on any atom is -0.478 e. The third-order valence-electron chi connectivity index (χ3n) is 2.75. The Labute approximate surface area is 130 Å². The lowest BCUT2D eigenvalue weighted by Crippen LogP contribution is -2.15. The minimum atomic E-state index is -3.75. The molecule has 0 spiro atoms. The Balaban J connectivity index is 2.36. The molecule has 0 aliphatic carbocycles. The van der Waals surface area contributed by atoms with Crippen LogP contribution in [0.2, 0.25) is 10.0 Å². The molecule has 2 aromatic rings. The molecule has 6 nitrogen and oxygen atoms in total. The fourth-order valence-corrected chi connectivity index (χ4v) is 3.91. The van der Waals surface area contributed by atoms with Gasteiger partial charge in [0.2, 0.25) is 0 Å². The predicted octanol–water partition coefficient (Wildman–Crippen LogP) is 2.36. The number of carbonyl (C=O) groups is 1. The van der Waals surface area contributed by atoms with E-state index in [0.717, 1.165) is 0 Å². The van der Waals surface area contributed by atoms with Gasteiger partial charge in [0.15, 0.2) is 9.84 Å². The zero-order valence-corrected chi connectivity index (χ0v) is 12.9. The lowest BCUT2D eigenvalue weighted by Gasteiger charge is -2.10. The van der Waals surface area contributed by atoms with Crippen LogP contribution in [0.25, 0.3) is 0 Å². The zero-order chi connectivity index (χ0) is 15.6. The first-order chi connectivity index (χ1) is 9.83. The van der Waals surface area contributed by atoms with Gasteiger partial charge in [0.25, 0.3) is 0 Å². The monoisotopic (exact) mass is 348 g/mol. The van der Waals surface area contributed by atoms with Crippen LogP contribution in [0.3, 0.4) is 0 Å². The summed E-state index contributed by atoms with van der Waals surface area (Å²) >= 11 is 11.6. The molecule has 0 aliphatic rings. The van der Waals surface area contributed by atoms with Gasteiger partial charge >= 0.3 is 5.97 Å². The van der Waals surface area contributed by atoms with Crippen LogP contribution >= 0.6 is 23.2 Å². The molecule has 0 saturated heterocycles. The molecule has 0 fully saturated rings. The quantitative estimate of drug-likeness (QED) is 0.895. The number of nitrogens with zero attached hydrogens (tertiary/aromatic N) is 2. The van der Waals surface area contributed by atoms with Gasteiger partial charge in [-0.25, -0.2) is 13.2 Å². The van der Waals surface area contributed by atoms with Crippen molar-refractivity contribution < 1.29 is 18.3 Å². The number of benzene rings is 1. The number of carboxylic acid groups (broad SMARTS) is 1. The summed E-state index contributed by atoms with van der Waals surface area (Å²) in [7, 11) is -3.75. The maximum Gasteiger partial charge on any atom is 0.338 e. The van der Waals surface area contributed by atoms with Gasteiger partial charge in [0.05, 0.1) is 32.8 Å². The Morgan fingerprint density at radius 2 is 2.05 bits per heavy atom. The summed E-state index contributed by atoms with van der Waals surface area (Å²) in [6, 6.07) is 4.08. The lowest BCUT2D eigenvalue weighted by atomic mass is 10.2. The van der Waals surface area contributed by atoms with Gasteiger partial charge in [-0.15, -0.1) is 0 Å². The zero-order valence-electron chi connectivity index (χ0n) is 10.5. The van der Waals surface area contributed by atoms with Gasteiger partial charge in [-0.1, -0.05) is 23.2 Å². The van der Waals surface area contributed by atoms with Crippen LogP contribution in [0.15, 0.2) is 35.5 Å². The molecule has 0 saturated carbocycles. The molecule has 0 atom stereocenters. The molecule has 0 amide bonds. The topological polar surface area (TPSA) is 89.3 Å². The highest BCUT2D eigenvalue weighted by Crippen LogP contribution is 2.31. The highest BCUT2D eigenvalue weighted by molar-refractivity contribution is 7.91. The molecule has 112 valence electrons. The highest BCUT2D eigenvalue weighted by Gasteiger charge is 2.24. The van der Waals surface area contributed by atoms with Crippen molar-refractivity contribution in [1.82, 2.24) is 9.78 Å². The average Bonchev–Trinajstić information content (AvgIpc) is 2.88. The fourth-order valence-electron chi connectivity index (χ4n) is 1.73. The molecular weight excluding hydrogens is 339 g/mol. The summed E-state index contributed by atoms with van der Waals surface area (Å²) in [5, 5.41) is 12.4. The average molecular weight is 349 g/mol. The van der Waals surface area contributed by atoms with E-state index >= 15 is 0 Å². The minimum absolute atomic E-state index is 0.112. The van der Waals surface area contributed by atoms with Crippen molar-refractivity contribution in [1.29, 1.82) is 0 Å². The SMILES string of the molecule is O=C(O)c1c(Cl)ccc(S(=O)(=O)CCn2cccn2)c1Cl. The highest BCUT2D eigenvalue weighted by atomic mass is 35.5. The summed E-state index contributed by atoms with van der Waals surface area (Å²) in [5.41, 5.74) is -0.418. The predicted molar refractivity (Wildman–Crippen MR) is 77.7 cm³/mol. The van der Waals surface area contributed by atoms with Crippen LogP contribution in [0.5, 0.6) is 0 Å². The van der Waals surface area contributed by atoms with Crippen LogP contribution in [0.4, 0.5) is 0 Å². The van der Waals surface area contributed by atoms with Crippen molar-refractivity contribution in [2.45, 2.75) is 11.4 Å². The van der Waals surface area contributed by atoms with E-state index in [0.29, 0.717) is 0 Å². The molecule has 2 rings (SSSR count). The molecule has 21 heavy (non-hydrogen) atoms. The Kier molecular flexibility index (Phi) is 4.55. The number of hydrogen-bond donors (Lipinski definition) is 1. The van der Waals surface area contributed by atoms with Crippen molar-refractivity contribution >= 4 is 39.0 Å². The summed E-state index contributed by atoms with van der Waals surface area (Å²) in [6.07, 6.45) is 3.16. The number of hydrogen-bond acceptors (Lipinski definition) is 4. The molecule has 0 bridgehead atoms. The summed E-state index contributed by atoms with van der Waals surface area (Å²) in [4.78, 5) is 10.8. The van der Waals surface area contributed by atoms with Crippen LogP contribution in [0.1, 0.15) is 10.4 Å². The number of aromatic nitrogens is 2. The summed E-state index contributed by atoms with van der Waals surface area (Å²) in [6.45, 7) is 0.136. The van der Waals surface area contributed by atoms with Gasteiger partial charge in [-0.2, -0.15) is 5.10 Å².